The molecule has 1 fully saturated rings. The van der Waals surface area contributed by atoms with E-state index in [-0.39, 0.29) is 11.3 Å². The van der Waals surface area contributed by atoms with Gasteiger partial charge in [0.05, 0.1) is 0 Å². The van der Waals surface area contributed by atoms with Crippen LogP contribution in [0.15, 0.2) is 24.4 Å². The van der Waals surface area contributed by atoms with E-state index < -0.39 is 0 Å². The van der Waals surface area contributed by atoms with Gasteiger partial charge in [-0.25, -0.2) is 0 Å². The van der Waals surface area contributed by atoms with Gasteiger partial charge in [0.25, 0.3) is 0 Å². The average Bonchev–Trinajstić information content (AvgIpc) is 3.16. The highest BCUT2D eigenvalue weighted by atomic mass is 16.1. The van der Waals surface area contributed by atoms with Gasteiger partial charge in [0.1, 0.15) is 0 Å². The molecule has 1 aromatic heterocycles. The minimum atomic E-state index is 0.106. The van der Waals surface area contributed by atoms with Gasteiger partial charge in [-0.2, -0.15) is 0 Å². The minimum Gasteiger partial charge on any atom is -0.355 e. The zero-order valence-corrected chi connectivity index (χ0v) is 11.1. The molecule has 0 spiro atoms. The monoisotopic (exact) mass is 247 g/mol. The van der Waals surface area contributed by atoms with Crippen LogP contribution in [0.25, 0.3) is 0 Å². The molecule has 0 aromatic carbocycles. The second-order valence-electron chi connectivity index (χ2n) is 5.33. The molecule has 1 N–H and O–H groups in total. The summed E-state index contributed by atoms with van der Waals surface area (Å²) in [6.45, 7) is 1.51. The predicted octanol–water partition coefficient (Wildman–Crippen LogP) is 1.18. The Labute approximate surface area is 108 Å². The van der Waals surface area contributed by atoms with E-state index in [1.54, 1.807) is 0 Å². The molecule has 1 aliphatic rings. The van der Waals surface area contributed by atoms with Crippen LogP contribution in [0.1, 0.15) is 25.0 Å². The molecule has 18 heavy (non-hydrogen) atoms. The second kappa shape index (κ2) is 5.48. The Kier molecular flexibility index (Phi) is 3.97. The number of amides is 1. The molecule has 0 saturated heterocycles. The summed E-state index contributed by atoms with van der Waals surface area (Å²) in [7, 11) is 3.95. The summed E-state index contributed by atoms with van der Waals surface area (Å²) < 4.78 is 0. The van der Waals surface area contributed by atoms with Crippen molar-refractivity contribution in [2.75, 3.05) is 27.2 Å². The van der Waals surface area contributed by atoms with E-state index in [2.05, 4.69) is 16.4 Å². The number of nitrogens with zero attached hydrogens (tertiary/aromatic N) is 2. The summed E-state index contributed by atoms with van der Waals surface area (Å²) in [4.78, 5) is 18.1. The van der Waals surface area contributed by atoms with Crippen LogP contribution in [-0.4, -0.2) is 43.0 Å². The van der Waals surface area contributed by atoms with Gasteiger partial charge >= 0.3 is 0 Å². The van der Waals surface area contributed by atoms with Crippen molar-refractivity contribution in [3.63, 3.8) is 0 Å². The van der Waals surface area contributed by atoms with Crippen molar-refractivity contribution in [3.05, 3.63) is 30.1 Å². The van der Waals surface area contributed by atoms with Gasteiger partial charge in [0.2, 0.25) is 5.91 Å². The normalized spacial score (nSPS) is 16.6. The lowest BCUT2D eigenvalue weighted by molar-refractivity contribution is -0.121. The Bertz CT molecular complexity index is 399. The fourth-order valence-corrected chi connectivity index (χ4v) is 2.03. The molecule has 0 radical (unpaired) electrons. The second-order valence-corrected chi connectivity index (χ2v) is 5.33. The van der Waals surface area contributed by atoms with Crippen molar-refractivity contribution in [1.82, 2.24) is 15.2 Å². The Hall–Kier alpha value is -1.42. The van der Waals surface area contributed by atoms with Crippen LogP contribution < -0.4 is 5.32 Å². The number of hydrogen-bond donors (Lipinski definition) is 1. The summed E-state index contributed by atoms with van der Waals surface area (Å²) in [5.41, 5.74) is 1.22. The van der Waals surface area contributed by atoms with E-state index in [0.29, 0.717) is 6.42 Å². The van der Waals surface area contributed by atoms with Gasteiger partial charge in [0, 0.05) is 36.8 Å². The SMILES string of the molecule is CN(C)CCC(=O)NCC1(c2ccccn2)CC1. The molecule has 1 heterocycles. The lowest BCUT2D eigenvalue weighted by Crippen LogP contribution is -2.34. The van der Waals surface area contributed by atoms with Gasteiger partial charge in [-0.3, -0.25) is 9.78 Å². The smallest absolute Gasteiger partial charge is 0.221 e. The van der Waals surface area contributed by atoms with Gasteiger partial charge in [-0.15, -0.1) is 0 Å². The Morgan fingerprint density at radius 3 is 2.78 bits per heavy atom. The number of carbonyl (C=O) groups excluding carboxylic acids is 1. The third-order valence-electron chi connectivity index (χ3n) is 3.47. The first-order valence-corrected chi connectivity index (χ1v) is 6.45. The zero-order valence-electron chi connectivity index (χ0n) is 11.1. The number of aromatic nitrogens is 1. The molecule has 1 aromatic rings. The maximum Gasteiger partial charge on any atom is 0.221 e. The van der Waals surface area contributed by atoms with Crippen LogP contribution in [0.4, 0.5) is 0 Å². The van der Waals surface area contributed by atoms with Crippen LogP contribution in [-0.2, 0) is 10.2 Å². The first kappa shape index (κ1) is 13.0. The van der Waals surface area contributed by atoms with Crippen LogP contribution in [0.5, 0.6) is 0 Å². The fourth-order valence-electron chi connectivity index (χ4n) is 2.03. The summed E-state index contributed by atoms with van der Waals surface area (Å²) in [6, 6.07) is 5.99. The molecular weight excluding hydrogens is 226 g/mol. The zero-order chi connectivity index (χ0) is 13.0. The topological polar surface area (TPSA) is 45.2 Å². The minimum absolute atomic E-state index is 0.106. The summed E-state index contributed by atoms with van der Waals surface area (Å²) in [5, 5.41) is 3.03. The largest absolute Gasteiger partial charge is 0.355 e. The highest BCUT2D eigenvalue weighted by molar-refractivity contribution is 5.76. The molecule has 0 bridgehead atoms. The van der Waals surface area contributed by atoms with Crippen molar-refractivity contribution < 1.29 is 4.79 Å². The molecule has 0 unspecified atom stereocenters. The quantitative estimate of drug-likeness (QED) is 0.821. The number of hydrogen-bond acceptors (Lipinski definition) is 3. The summed E-state index contributed by atoms with van der Waals surface area (Å²) >= 11 is 0. The summed E-state index contributed by atoms with van der Waals surface area (Å²) in [6.07, 6.45) is 4.63. The lowest BCUT2D eigenvalue weighted by Gasteiger charge is -2.16. The first-order chi connectivity index (χ1) is 8.62. The molecule has 0 atom stereocenters. The highest BCUT2D eigenvalue weighted by Gasteiger charge is 2.45. The number of pyridine rings is 1. The van der Waals surface area contributed by atoms with Gasteiger partial charge in [-0.05, 0) is 39.1 Å². The fraction of sp³-hybridized carbons (Fsp3) is 0.571. The van der Waals surface area contributed by atoms with Crippen molar-refractivity contribution >= 4 is 5.91 Å². The van der Waals surface area contributed by atoms with Crippen LogP contribution in [0.2, 0.25) is 0 Å². The van der Waals surface area contributed by atoms with Crippen molar-refractivity contribution in [3.8, 4) is 0 Å². The van der Waals surface area contributed by atoms with E-state index in [0.717, 1.165) is 31.6 Å². The van der Waals surface area contributed by atoms with E-state index in [4.69, 9.17) is 0 Å². The van der Waals surface area contributed by atoms with Gasteiger partial charge < -0.3 is 10.2 Å². The Balaban J connectivity index is 1.82. The maximum atomic E-state index is 11.7. The molecule has 98 valence electrons. The van der Waals surface area contributed by atoms with Crippen LogP contribution >= 0.6 is 0 Å². The van der Waals surface area contributed by atoms with Crippen LogP contribution in [0.3, 0.4) is 0 Å². The lowest BCUT2D eigenvalue weighted by atomic mass is 10.0. The van der Waals surface area contributed by atoms with Gasteiger partial charge in [-0.1, -0.05) is 6.07 Å². The van der Waals surface area contributed by atoms with Crippen molar-refractivity contribution in [2.45, 2.75) is 24.7 Å². The third-order valence-corrected chi connectivity index (χ3v) is 3.47. The molecule has 2 rings (SSSR count). The average molecular weight is 247 g/mol. The molecule has 0 aliphatic heterocycles. The molecule has 4 heteroatoms. The number of carbonyl (C=O) groups is 1. The van der Waals surface area contributed by atoms with Gasteiger partial charge in [0.15, 0.2) is 0 Å². The Morgan fingerprint density at radius 1 is 1.44 bits per heavy atom. The van der Waals surface area contributed by atoms with E-state index in [9.17, 15) is 4.79 Å². The number of nitrogens with one attached hydrogen (secondary N) is 1. The number of rotatable bonds is 6. The maximum absolute atomic E-state index is 11.7. The van der Waals surface area contributed by atoms with Crippen molar-refractivity contribution in [2.24, 2.45) is 0 Å². The standard InChI is InChI=1S/C14H21N3O/c1-17(2)10-6-13(18)16-11-14(7-8-14)12-5-3-4-9-15-12/h3-5,9H,6-8,10-11H2,1-2H3,(H,16,18). The van der Waals surface area contributed by atoms with E-state index >= 15 is 0 Å². The van der Waals surface area contributed by atoms with E-state index in [1.807, 2.05) is 37.3 Å². The molecular formula is C14H21N3O. The molecule has 1 aliphatic carbocycles. The summed E-state index contributed by atoms with van der Waals surface area (Å²) in [5.74, 6) is 0.130. The first-order valence-electron chi connectivity index (χ1n) is 6.45. The predicted molar refractivity (Wildman–Crippen MR) is 71.3 cm³/mol. The van der Waals surface area contributed by atoms with E-state index in [1.165, 1.54) is 0 Å². The Morgan fingerprint density at radius 2 is 2.22 bits per heavy atom. The highest BCUT2D eigenvalue weighted by Crippen LogP contribution is 2.46. The van der Waals surface area contributed by atoms with Crippen LogP contribution in [0, 0.1) is 0 Å². The molecule has 4 nitrogen and oxygen atoms in total. The third kappa shape index (κ3) is 3.29. The molecule has 1 saturated carbocycles. The molecule has 1 amide bonds. The van der Waals surface area contributed by atoms with Crippen molar-refractivity contribution in [1.29, 1.82) is 0 Å².